The Labute approximate surface area is 71.0 Å². The van der Waals surface area contributed by atoms with Crippen LogP contribution in [0.25, 0.3) is 0 Å². The Bertz CT molecular complexity index is 238. The van der Waals surface area contributed by atoms with Crippen LogP contribution in [0.15, 0.2) is 0 Å². The van der Waals surface area contributed by atoms with Crippen molar-refractivity contribution >= 4 is 5.78 Å². The van der Waals surface area contributed by atoms with E-state index in [1.54, 1.807) is 0 Å². The number of carbonyl (C=O) groups excluding carboxylic acids is 1. The third-order valence-corrected chi connectivity index (χ3v) is 3.47. The van der Waals surface area contributed by atoms with E-state index in [0.717, 1.165) is 25.7 Å². The summed E-state index contributed by atoms with van der Waals surface area (Å²) in [7, 11) is 0. The molecular weight excluding hydrogens is 156 g/mol. The highest BCUT2D eigenvalue weighted by molar-refractivity contribution is 5.91. The van der Waals surface area contributed by atoms with E-state index >= 15 is 0 Å². The predicted molar refractivity (Wildman–Crippen MR) is 40.5 cm³/mol. The molecular formula is C9H12O3. The molecule has 0 N–H and O–H groups in total. The van der Waals surface area contributed by atoms with Gasteiger partial charge in [-0.3, -0.25) is 4.79 Å². The van der Waals surface area contributed by atoms with Crippen molar-refractivity contribution < 1.29 is 14.3 Å². The molecule has 0 amide bonds. The zero-order chi connectivity index (χ0) is 8.18. The number of hydrogen-bond acceptors (Lipinski definition) is 3. The average molecular weight is 168 g/mol. The Balaban J connectivity index is 1.91. The molecule has 2 bridgehead atoms. The van der Waals surface area contributed by atoms with Gasteiger partial charge in [0.25, 0.3) is 0 Å². The summed E-state index contributed by atoms with van der Waals surface area (Å²) in [6.45, 7) is 0.694. The van der Waals surface area contributed by atoms with Crippen LogP contribution >= 0.6 is 0 Å². The molecule has 0 radical (unpaired) electrons. The van der Waals surface area contributed by atoms with Crippen molar-refractivity contribution in [1.29, 1.82) is 0 Å². The van der Waals surface area contributed by atoms with Crippen LogP contribution in [0.3, 0.4) is 0 Å². The highest BCUT2D eigenvalue weighted by atomic mass is 16.7. The summed E-state index contributed by atoms with van der Waals surface area (Å²) < 4.78 is 11.0. The van der Waals surface area contributed by atoms with Gasteiger partial charge in [0.1, 0.15) is 5.78 Å². The number of Topliss-reactive ketones (excluding diaryl/α,β-unsaturated/α-hetero) is 1. The fraction of sp³-hybridized carbons (Fsp3) is 0.889. The van der Waals surface area contributed by atoms with E-state index in [0.29, 0.717) is 12.4 Å². The van der Waals surface area contributed by atoms with Crippen molar-refractivity contribution in [3.63, 3.8) is 0 Å². The maximum absolute atomic E-state index is 11.4. The van der Waals surface area contributed by atoms with E-state index < -0.39 is 0 Å². The first kappa shape index (κ1) is 7.04. The number of fused-ring (bicyclic) bond motifs is 3. The second-order valence-corrected chi connectivity index (χ2v) is 4.04. The molecule has 3 atom stereocenters. The molecule has 3 aliphatic rings. The molecule has 1 saturated carbocycles. The minimum absolute atomic E-state index is 0.197. The number of hydrogen-bond donors (Lipinski definition) is 0. The summed E-state index contributed by atoms with van der Waals surface area (Å²) in [5, 5.41) is 0. The fourth-order valence-electron chi connectivity index (χ4n) is 2.49. The van der Waals surface area contributed by atoms with Crippen LogP contribution in [-0.4, -0.2) is 24.8 Å². The van der Waals surface area contributed by atoms with Crippen molar-refractivity contribution in [2.45, 2.75) is 38.1 Å². The second-order valence-electron chi connectivity index (χ2n) is 4.04. The van der Waals surface area contributed by atoms with E-state index in [9.17, 15) is 4.79 Å². The molecule has 1 aliphatic carbocycles. The number of rotatable bonds is 0. The first-order chi connectivity index (χ1) is 5.81. The lowest BCUT2D eigenvalue weighted by molar-refractivity contribution is -0.198. The van der Waals surface area contributed by atoms with Crippen LogP contribution in [0.4, 0.5) is 0 Å². The molecule has 0 aromatic heterocycles. The van der Waals surface area contributed by atoms with Crippen molar-refractivity contribution in [3.8, 4) is 0 Å². The van der Waals surface area contributed by atoms with E-state index in [2.05, 4.69) is 0 Å². The standard InChI is InChI=1S/C9H12O3/c10-7-2-4-9(7)3-1-6-5-11-8(9)12-6/h6,8H,1-5H2. The van der Waals surface area contributed by atoms with Gasteiger partial charge in [0.05, 0.1) is 18.1 Å². The third kappa shape index (κ3) is 0.666. The van der Waals surface area contributed by atoms with E-state index in [1.165, 1.54) is 0 Å². The minimum Gasteiger partial charge on any atom is -0.349 e. The lowest BCUT2D eigenvalue weighted by atomic mass is 9.63. The number of ketones is 1. The molecule has 2 saturated heterocycles. The van der Waals surface area contributed by atoms with Gasteiger partial charge >= 0.3 is 0 Å². The molecule has 1 spiro atoms. The van der Waals surface area contributed by atoms with Crippen molar-refractivity contribution in [3.05, 3.63) is 0 Å². The van der Waals surface area contributed by atoms with Gasteiger partial charge in [0.2, 0.25) is 0 Å². The van der Waals surface area contributed by atoms with Crippen LogP contribution < -0.4 is 0 Å². The molecule has 66 valence electrons. The van der Waals surface area contributed by atoms with Gasteiger partial charge in [-0.15, -0.1) is 0 Å². The van der Waals surface area contributed by atoms with Crippen LogP contribution in [0.2, 0.25) is 0 Å². The molecule has 2 aliphatic heterocycles. The van der Waals surface area contributed by atoms with E-state index in [-0.39, 0.29) is 17.8 Å². The molecule has 0 aromatic carbocycles. The molecule has 3 nitrogen and oxygen atoms in total. The first-order valence-electron chi connectivity index (χ1n) is 4.62. The maximum atomic E-state index is 11.4. The number of ether oxygens (including phenoxy) is 2. The topological polar surface area (TPSA) is 35.5 Å². The van der Waals surface area contributed by atoms with Gasteiger partial charge in [-0.05, 0) is 19.3 Å². The van der Waals surface area contributed by atoms with Crippen LogP contribution in [0, 0.1) is 5.41 Å². The van der Waals surface area contributed by atoms with Crippen LogP contribution in [0.5, 0.6) is 0 Å². The van der Waals surface area contributed by atoms with Gasteiger partial charge < -0.3 is 9.47 Å². The maximum Gasteiger partial charge on any atom is 0.170 e. The molecule has 0 aromatic rings. The molecule has 12 heavy (non-hydrogen) atoms. The first-order valence-corrected chi connectivity index (χ1v) is 4.62. The van der Waals surface area contributed by atoms with Gasteiger partial charge in [-0.1, -0.05) is 0 Å². The lowest BCUT2D eigenvalue weighted by Crippen LogP contribution is -2.52. The van der Waals surface area contributed by atoms with Crippen molar-refractivity contribution in [2.75, 3.05) is 6.61 Å². The summed E-state index contributed by atoms with van der Waals surface area (Å²) in [5.74, 6) is 0.354. The SMILES string of the molecule is O=C1CCC12CCC1COC2O1. The average Bonchev–Trinajstić information content (AvgIpc) is 2.47. The van der Waals surface area contributed by atoms with Crippen LogP contribution in [-0.2, 0) is 14.3 Å². The number of carbonyl (C=O) groups is 1. The molecule has 2 heterocycles. The summed E-state index contributed by atoms with van der Waals surface area (Å²) in [6, 6.07) is 0. The highest BCUT2D eigenvalue weighted by Gasteiger charge is 2.58. The Kier molecular flexibility index (Phi) is 1.23. The fourth-order valence-corrected chi connectivity index (χ4v) is 2.49. The van der Waals surface area contributed by atoms with Crippen molar-refractivity contribution in [1.82, 2.24) is 0 Å². The van der Waals surface area contributed by atoms with Gasteiger partial charge in [0.15, 0.2) is 6.29 Å². The molecule has 3 heteroatoms. The third-order valence-electron chi connectivity index (χ3n) is 3.47. The normalized spacial score (nSPS) is 51.2. The zero-order valence-electron chi connectivity index (χ0n) is 6.91. The lowest BCUT2D eigenvalue weighted by Gasteiger charge is -2.45. The van der Waals surface area contributed by atoms with Gasteiger partial charge in [-0.2, -0.15) is 0 Å². The quantitative estimate of drug-likeness (QED) is 0.538. The monoisotopic (exact) mass is 168 g/mol. The summed E-state index contributed by atoms with van der Waals surface area (Å²) in [6.07, 6.45) is 3.77. The summed E-state index contributed by atoms with van der Waals surface area (Å²) in [5.41, 5.74) is -0.215. The predicted octanol–water partition coefficient (Wildman–Crippen LogP) is 0.871. The second kappa shape index (κ2) is 2.09. The molecule has 3 fully saturated rings. The summed E-state index contributed by atoms with van der Waals surface area (Å²) >= 11 is 0. The molecule has 3 rings (SSSR count). The van der Waals surface area contributed by atoms with Crippen LogP contribution in [0.1, 0.15) is 25.7 Å². The van der Waals surface area contributed by atoms with Gasteiger partial charge in [-0.25, -0.2) is 0 Å². The Hall–Kier alpha value is -0.410. The Morgan fingerprint density at radius 3 is 3.00 bits per heavy atom. The van der Waals surface area contributed by atoms with Crippen molar-refractivity contribution in [2.24, 2.45) is 5.41 Å². The molecule has 3 unspecified atom stereocenters. The smallest absolute Gasteiger partial charge is 0.170 e. The Morgan fingerprint density at radius 1 is 1.42 bits per heavy atom. The zero-order valence-corrected chi connectivity index (χ0v) is 6.91. The largest absolute Gasteiger partial charge is 0.349 e. The minimum atomic E-state index is -0.215. The summed E-state index contributed by atoms with van der Waals surface area (Å²) in [4.78, 5) is 11.4. The van der Waals surface area contributed by atoms with E-state index in [4.69, 9.17) is 9.47 Å². The van der Waals surface area contributed by atoms with E-state index in [1.807, 2.05) is 0 Å². The highest BCUT2D eigenvalue weighted by Crippen LogP contribution is 2.51. The Morgan fingerprint density at radius 2 is 2.33 bits per heavy atom. The van der Waals surface area contributed by atoms with Gasteiger partial charge in [0, 0.05) is 6.42 Å².